The molecule has 0 aliphatic heterocycles. The summed E-state index contributed by atoms with van der Waals surface area (Å²) in [5, 5.41) is 2.57. The normalized spacial score (nSPS) is 14.5. The number of hydrogen-bond donors (Lipinski definition) is 2. The fourth-order valence-electron chi connectivity index (χ4n) is 8.48. The van der Waals surface area contributed by atoms with Crippen LogP contribution in [0.3, 0.4) is 0 Å². The molecule has 272 valence electrons. The maximum atomic E-state index is 5.53. The number of aromatic nitrogens is 1. The summed E-state index contributed by atoms with van der Waals surface area (Å²) >= 11 is 0. The van der Waals surface area contributed by atoms with Crippen molar-refractivity contribution in [1.29, 1.82) is 0 Å². The minimum absolute atomic E-state index is 0.353. The number of aromatic amines is 1. The summed E-state index contributed by atoms with van der Waals surface area (Å²) in [6.45, 7) is 10.1. The van der Waals surface area contributed by atoms with E-state index in [0.717, 1.165) is 17.6 Å². The van der Waals surface area contributed by atoms with E-state index in [1.807, 2.05) is 45.9 Å². The summed E-state index contributed by atoms with van der Waals surface area (Å²) in [5.41, 5.74) is 23.2. The molecule has 1 heterocycles. The van der Waals surface area contributed by atoms with Crippen molar-refractivity contribution >= 4 is 27.4 Å². The van der Waals surface area contributed by atoms with Gasteiger partial charge < -0.3 is 10.7 Å². The van der Waals surface area contributed by atoms with Gasteiger partial charge in [-0.2, -0.15) is 0 Å². The van der Waals surface area contributed by atoms with Crippen molar-refractivity contribution in [3.8, 4) is 33.4 Å². The molecule has 10 rings (SSSR count). The van der Waals surface area contributed by atoms with Crippen LogP contribution in [0.4, 0.5) is 0 Å². The Bertz CT molecular complexity index is 2620. The molecule has 0 bridgehead atoms. The average Bonchev–Trinajstić information content (AvgIpc) is 3.90. The molecule has 55 heavy (non-hydrogen) atoms. The van der Waals surface area contributed by atoms with Gasteiger partial charge in [-0.3, -0.25) is 0 Å². The third-order valence-corrected chi connectivity index (χ3v) is 10.7. The third kappa shape index (κ3) is 6.18. The van der Waals surface area contributed by atoms with Crippen LogP contribution >= 0.6 is 0 Å². The lowest BCUT2D eigenvalue weighted by Crippen LogP contribution is -2.25. The summed E-state index contributed by atoms with van der Waals surface area (Å²) < 4.78 is 0. The predicted octanol–water partition coefficient (Wildman–Crippen LogP) is 14.3. The minimum Gasteiger partial charge on any atom is -0.404 e. The highest BCUT2D eigenvalue weighted by molar-refractivity contribution is 6.15. The Morgan fingerprint density at radius 2 is 1.15 bits per heavy atom. The Labute approximate surface area is 326 Å². The lowest BCUT2D eigenvalue weighted by Gasteiger charge is -2.30. The number of allylic oxidation sites excluding steroid dienone is 3. The summed E-state index contributed by atoms with van der Waals surface area (Å²) in [4.78, 5) is 3.81. The van der Waals surface area contributed by atoms with Gasteiger partial charge in [0.15, 0.2) is 0 Å². The highest BCUT2D eigenvalue weighted by Crippen LogP contribution is 2.64. The van der Waals surface area contributed by atoms with Crippen LogP contribution in [0.1, 0.15) is 68.9 Å². The molecule has 1 aromatic heterocycles. The van der Waals surface area contributed by atoms with Gasteiger partial charge in [-0.15, -0.1) is 0 Å². The maximum absolute atomic E-state index is 5.53. The summed E-state index contributed by atoms with van der Waals surface area (Å²) in [5.74, 6) is 0. The molecular weight excluding hydrogens is 665 g/mol. The van der Waals surface area contributed by atoms with Crippen LogP contribution in [-0.2, 0) is 5.41 Å². The van der Waals surface area contributed by atoms with E-state index in [4.69, 9.17) is 5.73 Å². The van der Waals surface area contributed by atoms with Gasteiger partial charge in [0.1, 0.15) is 0 Å². The summed E-state index contributed by atoms with van der Waals surface area (Å²) in [7, 11) is 0. The number of H-pyrrole nitrogens is 1. The number of benzene rings is 7. The minimum atomic E-state index is -0.353. The number of hydrogen-bond acceptors (Lipinski definition) is 1. The molecule has 1 unspecified atom stereocenters. The molecule has 3 N–H and O–H groups in total. The largest absolute Gasteiger partial charge is 0.404 e. The first-order valence-corrected chi connectivity index (χ1v) is 19.8. The highest BCUT2D eigenvalue weighted by Gasteiger charge is 2.52. The Hall–Kier alpha value is -6.38. The molecule has 0 fully saturated rings. The van der Waals surface area contributed by atoms with Crippen molar-refractivity contribution in [1.82, 2.24) is 4.98 Å². The molecule has 2 nitrogen and oxygen atoms in total. The Morgan fingerprint density at radius 1 is 0.545 bits per heavy atom. The lowest BCUT2D eigenvalue weighted by molar-refractivity contribution is 0.794. The van der Waals surface area contributed by atoms with Gasteiger partial charge >= 0.3 is 0 Å². The van der Waals surface area contributed by atoms with E-state index in [1.54, 1.807) is 6.20 Å². The summed E-state index contributed by atoms with van der Waals surface area (Å²) in [6, 6.07) is 59.4. The predicted molar refractivity (Wildman–Crippen MR) is 238 cm³/mol. The Morgan fingerprint density at radius 3 is 1.85 bits per heavy atom. The van der Waals surface area contributed by atoms with Crippen molar-refractivity contribution in [2.75, 3.05) is 0 Å². The molecule has 0 saturated heterocycles. The van der Waals surface area contributed by atoms with Crippen LogP contribution in [0, 0.1) is 0 Å². The molecule has 8 aromatic rings. The van der Waals surface area contributed by atoms with Gasteiger partial charge in [-0.25, -0.2) is 0 Å². The van der Waals surface area contributed by atoms with E-state index in [-0.39, 0.29) is 5.41 Å². The molecule has 0 amide bonds. The Kier molecular flexibility index (Phi) is 11.0. The van der Waals surface area contributed by atoms with Crippen molar-refractivity contribution in [3.05, 3.63) is 210 Å². The van der Waals surface area contributed by atoms with Gasteiger partial charge in [0, 0.05) is 28.1 Å². The number of fused-ring (bicyclic) bond motifs is 14. The fraction of sp³-hybridized carbons (Fsp3) is 0.132. The lowest BCUT2D eigenvalue weighted by atomic mass is 9.70. The Balaban J connectivity index is 0.000000233. The quantitative estimate of drug-likeness (QED) is 0.175. The van der Waals surface area contributed by atoms with Crippen molar-refractivity contribution in [2.24, 2.45) is 5.73 Å². The van der Waals surface area contributed by atoms with E-state index in [1.165, 1.54) is 77.4 Å². The van der Waals surface area contributed by atoms with E-state index < -0.39 is 0 Å². The molecule has 2 aliphatic rings. The molecule has 2 aliphatic carbocycles. The van der Waals surface area contributed by atoms with Gasteiger partial charge in [0.25, 0.3) is 0 Å². The second-order valence-electron chi connectivity index (χ2n) is 13.3. The third-order valence-electron chi connectivity index (χ3n) is 10.7. The van der Waals surface area contributed by atoms with Gasteiger partial charge in [0.2, 0.25) is 0 Å². The summed E-state index contributed by atoms with van der Waals surface area (Å²) in [6.07, 6.45) is 6.83. The fourth-order valence-corrected chi connectivity index (χ4v) is 8.48. The topological polar surface area (TPSA) is 41.8 Å². The number of rotatable bonds is 4. The maximum Gasteiger partial charge on any atom is 0.0726 e. The smallest absolute Gasteiger partial charge is 0.0726 e. The zero-order valence-electron chi connectivity index (χ0n) is 32.6. The molecule has 0 saturated carbocycles. The number of para-hydroxylation sites is 1. The number of nitrogens with one attached hydrogen (secondary N) is 1. The van der Waals surface area contributed by atoms with E-state index >= 15 is 0 Å². The van der Waals surface area contributed by atoms with Crippen molar-refractivity contribution < 1.29 is 0 Å². The van der Waals surface area contributed by atoms with Gasteiger partial charge in [0.05, 0.1) is 10.9 Å². The molecule has 7 aromatic carbocycles. The van der Waals surface area contributed by atoms with Crippen LogP contribution in [0.25, 0.3) is 60.8 Å². The van der Waals surface area contributed by atoms with Crippen molar-refractivity contribution in [3.63, 3.8) is 0 Å². The number of nitrogens with two attached hydrogens (primary N) is 1. The van der Waals surface area contributed by atoms with Crippen LogP contribution in [0.5, 0.6) is 0 Å². The van der Waals surface area contributed by atoms with Crippen LogP contribution in [0.15, 0.2) is 182 Å². The zero-order valence-corrected chi connectivity index (χ0v) is 32.6. The molecular formula is C53H50N2. The molecule has 1 atom stereocenters. The second-order valence-corrected chi connectivity index (χ2v) is 13.3. The van der Waals surface area contributed by atoms with E-state index in [2.05, 4.69) is 170 Å². The van der Waals surface area contributed by atoms with Gasteiger partial charge in [-0.1, -0.05) is 198 Å². The molecule has 1 spiro atoms. The SMILES string of the molecule is CC.CC.CC/C=C\C(=C/N)c1ccccc1.c1ccc(-c2ccc3c(c2)C2(c4ccccc4-3)c3ccccc3-c3c2ccc2c3[nH]c3ccccc32)cc1. The standard InChI is InChI=1S/C37H23N.C12H15N.2C2H6/c1-2-10-23(11-3-1)24-18-19-26-25-12-4-7-15-30(25)37(33(26)22-24)31-16-8-5-14-29(31)35-32(37)21-20-28-27-13-6-9-17-34(27)38-36(28)35;1-2-3-7-12(10-13)11-8-5-4-6-9-11;2*1-2/h1-22,38H;3-10H,2,13H2,1H3;2*1-2H3/b;7-3-,12-10+;;. The average molecular weight is 715 g/mol. The first-order chi connectivity index (χ1) is 27.2. The van der Waals surface area contributed by atoms with Crippen molar-refractivity contribution in [2.45, 2.75) is 46.5 Å². The molecule has 0 radical (unpaired) electrons. The van der Waals surface area contributed by atoms with Gasteiger partial charge in [-0.05, 0) is 79.8 Å². The van der Waals surface area contributed by atoms with Crippen LogP contribution < -0.4 is 5.73 Å². The second kappa shape index (κ2) is 16.3. The molecule has 2 heteroatoms. The van der Waals surface area contributed by atoms with E-state index in [9.17, 15) is 0 Å². The van der Waals surface area contributed by atoms with Crippen LogP contribution in [-0.4, -0.2) is 4.98 Å². The van der Waals surface area contributed by atoms with E-state index in [0.29, 0.717) is 0 Å². The first kappa shape index (κ1) is 37.0. The van der Waals surface area contributed by atoms with Crippen LogP contribution in [0.2, 0.25) is 0 Å². The highest BCUT2D eigenvalue weighted by atomic mass is 14.7. The monoisotopic (exact) mass is 714 g/mol. The zero-order chi connectivity index (χ0) is 38.4. The first-order valence-electron chi connectivity index (χ1n) is 19.8.